The number of anilines is 1. The number of para-hydroxylation sites is 1. The molecule has 1 aliphatic rings. The average molecular weight is 539 g/mol. The Morgan fingerprint density at radius 2 is 1.82 bits per heavy atom. The van der Waals surface area contributed by atoms with E-state index in [0.717, 1.165) is 10.6 Å². The maximum atomic E-state index is 14.8. The van der Waals surface area contributed by atoms with E-state index < -0.39 is 40.2 Å². The molecule has 0 saturated carbocycles. The number of nitrogens with zero attached hydrogens (tertiary/aromatic N) is 3. The highest BCUT2D eigenvalue weighted by Gasteiger charge is 2.38. The standard InChI is InChI=1S/C27H27FN4O5S/c1-31(2)24(33)16-32(38(3,35)36)20-8-6-7-19(14-20)30-26(17-11-12-18(15-29)22(28)13-17)25-21-9-4-5-10-23(21)37-27(25)34/h4-14,25H,15-16,29H2,1-3H3. The van der Waals surface area contributed by atoms with Gasteiger partial charge in [-0.05, 0) is 30.3 Å². The van der Waals surface area contributed by atoms with Gasteiger partial charge in [-0.1, -0.05) is 36.4 Å². The minimum absolute atomic E-state index is 0.00192. The molecule has 1 atom stereocenters. The molecule has 2 N–H and O–H groups in total. The first-order valence-electron chi connectivity index (χ1n) is 11.7. The second kappa shape index (κ2) is 10.7. The van der Waals surface area contributed by atoms with E-state index in [1.165, 1.54) is 43.3 Å². The molecule has 3 aromatic rings. The zero-order chi connectivity index (χ0) is 27.6. The summed E-state index contributed by atoms with van der Waals surface area (Å²) >= 11 is 0. The molecule has 0 bridgehead atoms. The summed E-state index contributed by atoms with van der Waals surface area (Å²) < 4.78 is 46.3. The SMILES string of the molecule is CN(C)C(=O)CN(c1cccc(N=C(c2ccc(CN)c(F)c2)C2C(=O)Oc3ccccc32)c1)S(C)(=O)=O. The van der Waals surface area contributed by atoms with Crippen molar-refractivity contribution in [1.29, 1.82) is 0 Å². The number of ether oxygens (including phenoxy) is 1. The number of sulfonamides is 1. The summed E-state index contributed by atoms with van der Waals surface area (Å²) in [7, 11) is -0.758. The van der Waals surface area contributed by atoms with E-state index in [4.69, 9.17) is 15.5 Å². The normalized spacial score (nSPS) is 15.1. The number of halogens is 1. The van der Waals surface area contributed by atoms with Crippen LogP contribution in [0.25, 0.3) is 0 Å². The topological polar surface area (TPSA) is 122 Å². The van der Waals surface area contributed by atoms with Crippen molar-refractivity contribution in [3.63, 3.8) is 0 Å². The Balaban J connectivity index is 1.86. The predicted octanol–water partition coefficient (Wildman–Crippen LogP) is 2.96. The Labute approximate surface area is 220 Å². The highest BCUT2D eigenvalue weighted by Crippen LogP contribution is 2.38. The molecule has 0 fully saturated rings. The molecule has 0 spiro atoms. The quantitative estimate of drug-likeness (QED) is 0.267. The Hall–Kier alpha value is -4.09. The fourth-order valence-electron chi connectivity index (χ4n) is 4.05. The van der Waals surface area contributed by atoms with Crippen LogP contribution in [0, 0.1) is 5.82 Å². The number of fused-ring (bicyclic) bond motifs is 1. The van der Waals surface area contributed by atoms with E-state index in [1.54, 1.807) is 42.5 Å². The maximum absolute atomic E-state index is 14.8. The Bertz CT molecular complexity index is 1540. The van der Waals surface area contributed by atoms with Crippen LogP contribution in [-0.4, -0.2) is 57.8 Å². The van der Waals surface area contributed by atoms with Crippen molar-refractivity contribution < 1.29 is 27.1 Å². The number of hydrogen-bond donors (Lipinski definition) is 1. The van der Waals surface area contributed by atoms with Crippen molar-refractivity contribution in [2.75, 3.05) is 31.2 Å². The number of benzene rings is 3. The van der Waals surface area contributed by atoms with E-state index >= 15 is 0 Å². The summed E-state index contributed by atoms with van der Waals surface area (Å²) in [6.45, 7) is -0.401. The summed E-state index contributed by atoms with van der Waals surface area (Å²) in [6.07, 6.45) is 1.00. The lowest BCUT2D eigenvalue weighted by atomic mass is 9.90. The number of amides is 1. The van der Waals surface area contributed by atoms with Gasteiger partial charge in [0.25, 0.3) is 0 Å². The van der Waals surface area contributed by atoms with Crippen molar-refractivity contribution in [1.82, 2.24) is 4.90 Å². The van der Waals surface area contributed by atoms with Crippen molar-refractivity contribution in [3.8, 4) is 5.75 Å². The van der Waals surface area contributed by atoms with Crippen LogP contribution in [0.3, 0.4) is 0 Å². The number of likely N-dealkylation sites (N-methyl/N-ethyl adjacent to an activating group) is 1. The van der Waals surface area contributed by atoms with Gasteiger partial charge in [0.15, 0.2) is 0 Å². The highest BCUT2D eigenvalue weighted by atomic mass is 32.2. The zero-order valence-electron chi connectivity index (χ0n) is 21.1. The lowest BCUT2D eigenvalue weighted by Crippen LogP contribution is -2.39. The van der Waals surface area contributed by atoms with Crippen LogP contribution in [0.2, 0.25) is 0 Å². The fraction of sp³-hybridized carbons (Fsp3) is 0.222. The third kappa shape index (κ3) is 5.58. The molecule has 1 unspecified atom stereocenters. The van der Waals surface area contributed by atoms with Crippen LogP contribution >= 0.6 is 0 Å². The number of rotatable bonds is 8. The molecular weight excluding hydrogens is 511 g/mol. The molecule has 0 saturated heterocycles. The molecule has 1 heterocycles. The third-order valence-corrected chi connectivity index (χ3v) is 7.20. The van der Waals surface area contributed by atoms with Crippen molar-refractivity contribution in [2.45, 2.75) is 12.5 Å². The van der Waals surface area contributed by atoms with Crippen LogP contribution in [0.15, 0.2) is 71.7 Å². The van der Waals surface area contributed by atoms with Gasteiger partial charge in [-0.3, -0.25) is 18.9 Å². The zero-order valence-corrected chi connectivity index (χ0v) is 21.9. The van der Waals surface area contributed by atoms with Crippen LogP contribution in [0.1, 0.15) is 22.6 Å². The van der Waals surface area contributed by atoms with Gasteiger partial charge >= 0.3 is 5.97 Å². The van der Waals surface area contributed by atoms with Gasteiger partial charge in [0.05, 0.1) is 23.3 Å². The van der Waals surface area contributed by atoms with Crippen molar-refractivity contribution >= 4 is 39.0 Å². The van der Waals surface area contributed by atoms with Gasteiger partial charge < -0.3 is 15.4 Å². The molecule has 11 heteroatoms. The Kier molecular flexibility index (Phi) is 7.61. The van der Waals surface area contributed by atoms with Gasteiger partial charge in [0, 0.05) is 37.3 Å². The second-order valence-electron chi connectivity index (χ2n) is 8.98. The maximum Gasteiger partial charge on any atom is 0.325 e. The summed E-state index contributed by atoms with van der Waals surface area (Å²) in [5, 5.41) is 0. The summed E-state index contributed by atoms with van der Waals surface area (Å²) in [6, 6.07) is 17.5. The molecule has 0 radical (unpaired) electrons. The molecule has 9 nitrogen and oxygen atoms in total. The largest absolute Gasteiger partial charge is 0.425 e. The Morgan fingerprint density at radius 1 is 1.08 bits per heavy atom. The number of nitrogens with two attached hydrogens (primary N) is 1. The number of aliphatic imine (C=N–C) groups is 1. The van der Waals surface area contributed by atoms with Crippen LogP contribution in [0.5, 0.6) is 5.75 Å². The third-order valence-electron chi connectivity index (χ3n) is 6.06. The molecule has 0 aromatic heterocycles. The summed E-state index contributed by atoms with van der Waals surface area (Å²) in [5.74, 6) is -2.09. The van der Waals surface area contributed by atoms with Gasteiger partial charge in [-0.15, -0.1) is 0 Å². The van der Waals surface area contributed by atoms with Crippen LogP contribution in [0.4, 0.5) is 15.8 Å². The van der Waals surface area contributed by atoms with Crippen molar-refractivity contribution in [3.05, 3.63) is 89.2 Å². The lowest BCUT2D eigenvalue weighted by molar-refractivity contribution is -0.132. The van der Waals surface area contributed by atoms with Crippen LogP contribution in [-0.2, 0) is 26.2 Å². The van der Waals surface area contributed by atoms with E-state index in [2.05, 4.69) is 0 Å². The molecule has 3 aromatic carbocycles. The molecular formula is C27H27FN4O5S. The number of hydrogen-bond acceptors (Lipinski definition) is 7. The summed E-state index contributed by atoms with van der Waals surface area (Å²) in [4.78, 5) is 31.3. The minimum Gasteiger partial charge on any atom is -0.425 e. The van der Waals surface area contributed by atoms with E-state index in [0.29, 0.717) is 28.1 Å². The van der Waals surface area contributed by atoms with Crippen molar-refractivity contribution in [2.24, 2.45) is 10.7 Å². The van der Waals surface area contributed by atoms with Gasteiger partial charge in [0.2, 0.25) is 15.9 Å². The first-order valence-corrected chi connectivity index (χ1v) is 13.5. The number of carbonyl (C=O) groups is 2. The van der Waals surface area contributed by atoms with E-state index in [9.17, 15) is 22.4 Å². The second-order valence-corrected chi connectivity index (χ2v) is 10.9. The Morgan fingerprint density at radius 3 is 2.47 bits per heavy atom. The smallest absolute Gasteiger partial charge is 0.325 e. The summed E-state index contributed by atoms with van der Waals surface area (Å²) in [5.41, 5.74) is 7.56. The number of carbonyl (C=O) groups excluding carboxylic acids is 2. The monoisotopic (exact) mass is 538 g/mol. The number of esters is 1. The van der Waals surface area contributed by atoms with Gasteiger partial charge in [-0.2, -0.15) is 0 Å². The van der Waals surface area contributed by atoms with Gasteiger partial charge in [0.1, 0.15) is 24.0 Å². The first kappa shape index (κ1) is 27.0. The molecule has 1 aliphatic heterocycles. The first-order chi connectivity index (χ1) is 18.0. The minimum atomic E-state index is -3.82. The predicted molar refractivity (Wildman–Crippen MR) is 143 cm³/mol. The molecule has 1 amide bonds. The molecule has 4 rings (SSSR count). The van der Waals surface area contributed by atoms with Crippen LogP contribution < -0.4 is 14.8 Å². The molecule has 38 heavy (non-hydrogen) atoms. The highest BCUT2D eigenvalue weighted by molar-refractivity contribution is 7.92. The molecule has 198 valence electrons. The average Bonchev–Trinajstić information content (AvgIpc) is 3.20. The fourth-order valence-corrected chi connectivity index (χ4v) is 4.90. The van der Waals surface area contributed by atoms with E-state index in [-0.39, 0.29) is 17.9 Å². The van der Waals surface area contributed by atoms with E-state index in [1.807, 2.05) is 0 Å². The molecule has 0 aliphatic carbocycles. The van der Waals surface area contributed by atoms with Gasteiger partial charge in [-0.25, -0.2) is 12.8 Å². The lowest BCUT2D eigenvalue weighted by Gasteiger charge is -2.23.